The maximum atomic E-state index is 12.6. The number of piperidine rings is 3. The van der Waals surface area contributed by atoms with Crippen LogP contribution in [0.15, 0.2) is 36.4 Å². The molecule has 4 heterocycles. The first kappa shape index (κ1) is 16.2. The molecule has 2 aromatic rings. The summed E-state index contributed by atoms with van der Waals surface area (Å²) in [5.74, 6) is 2.04. The molecule has 1 amide bonds. The molecule has 25 heavy (non-hydrogen) atoms. The first-order chi connectivity index (χ1) is 12.1. The number of aromatic amines is 1. The molecule has 5 heteroatoms. The van der Waals surface area contributed by atoms with E-state index < -0.39 is 0 Å². The minimum Gasteiger partial charge on any atom is -0.441 e. The Morgan fingerprint density at radius 2 is 1.88 bits per heavy atom. The number of aryl methyl sites for hydroxylation is 1. The van der Waals surface area contributed by atoms with E-state index in [0.717, 1.165) is 11.4 Å². The van der Waals surface area contributed by atoms with Gasteiger partial charge in [0.2, 0.25) is 0 Å². The van der Waals surface area contributed by atoms with Crippen molar-refractivity contribution in [2.24, 2.45) is 5.92 Å². The molecule has 5 rings (SSSR count). The molecule has 0 spiro atoms. The van der Waals surface area contributed by atoms with Crippen molar-refractivity contribution >= 4 is 5.91 Å². The first-order valence-corrected chi connectivity index (χ1v) is 9.08. The Balaban J connectivity index is 1.40. The molecule has 0 saturated carbocycles. The summed E-state index contributed by atoms with van der Waals surface area (Å²) in [7, 11) is 0. The molecule has 1 aromatic heterocycles. The summed E-state index contributed by atoms with van der Waals surface area (Å²) in [6, 6.07) is 11.9. The highest BCUT2D eigenvalue weighted by Crippen LogP contribution is 2.32. The molecule has 132 valence electrons. The van der Waals surface area contributed by atoms with Crippen molar-refractivity contribution < 1.29 is 9.53 Å². The maximum absolute atomic E-state index is 12.6. The van der Waals surface area contributed by atoms with E-state index in [0.29, 0.717) is 23.4 Å². The van der Waals surface area contributed by atoms with E-state index in [1.807, 2.05) is 43.3 Å². The number of rotatable bonds is 4. The van der Waals surface area contributed by atoms with Gasteiger partial charge in [-0.25, -0.2) is 0 Å². The summed E-state index contributed by atoms with van der Waals surface area (Å²) in [6.45, 7) is 6.55. The summed E-state index contributed by atoms with van der Waals surface area (Å²) in [6.07, 6.45) is 2.38. The zero-order valence-electron chi connectivity index (χ0n) is 14.8. The van der Waals surface area contributed by atoms with Crippen molar-refractivity contribution in [2.45, 2.75) is 38.8 Å². The van der Waals surface area contributed by atoms with Crippen molar-refractivity contribution in [3.8, 4) is 11.6 Å². The van der Waals surface area contributed by atoms with Gasteiger partial charge in [0.25, 0.3) is 5.91 Å². The van der Waals surface area contributed by atoms with E-state index in [-0.39, 0.29) is 11.9 Å². The van der Waals surface area contributed by atoms with E-state index in [4.69, 9.17) is 4.74 Å². The fourth-order valence-electron chi connectivity index (χ4n) is 4.12. The minimum absolute atomic E-state index is 0.00729. The Morgan fingerprint density at radius 1 is 1.16 bits per heavy atom. The van der Waals surface area contributed by atoms with E-state index in [2.05, 4.69) is 22.1 Å². The molecule has 1 aromatic carbocycles. The lowest BCUT2D eigenvalue weighted by atomic mass is 9.79. The quantitative estimate of drug-likeness (QED) is 0.898. The fraction of sp³-hybridized carbons (Fsp3) is 0.450. The number of amides is 1. The van der Waals surface area contributed by atoms with Gasteiger partial charge < -0.3 is 15.0 Å². The second kappa shape index (κ2) is 6.56. The zero-order valence-corrected chi connectivity index (χ0v) is 14.8. The Hall–Kier alpha value is -2.27. The van der Waals surface area contributed by atoms with Crippen LogP contribution in [0.5, 0.6) is 11.6 Å². The summed E-state index contributed by atoms with van der Waals surface area (Å²) < 4.78 is 5.75. The van der Waals surface area contributed by atoms with Gasteiger partial charge in [0.1, 0.15) is 5.75 Å². The van der Waals surface area contributed by atoms with Gasteiger partial charge in [0.05, 0.1) is 0 Å². The smallest absolute Gasteiger partial charge is 0.251 e. The third-order valence-corrected chi connectivity index (χ3v) is 5.62. The number of H-pyrrole nitrogens is 1. The number of benzene rings is 1. The van der Waals surface area contributed by atoms with E-state index in [9.17, 15) is 4.79 Å². The highest BCUT2D eigenvalue weighted by molar-refractivity contribution is 5.94. The van der Waals surface area contributed by atoms with Crippen molar-refractivity contribution in [3.05, 3.63) is 47.7 Å². The lowest BCUT2D eigenvalue weighted by molar-refractivity contribution is 0.0217. The molecule has 3 aliphatic heterocycles. The Labute approximate surface area is 148 Å². The average molecular weight is 339 g/mol. The number of fused-ring (bicyclic) bond motifs is 3. The minimum atomic E-state index is 0.00729. The highest BCUT2D eigenvalue weighted by atomic mass is 16.5. The third-order valence-electron chi connectivity index (χ3n) is 5.62. The number of carbonyl (C=O) groups excluding carboxylic acids is 1. The largest absolute Gasteiger partial charge is 0.441 e. The zero-order chi connectivity index (χ0) is 17.4. The molecule has 2 atom stereocenters. The molecular formula is C20H25N3O2. The number of nitrogens with one attached hydrogen (secondary N) is 2. The standard InChI is InChI=1S/C20H25N3O2/c1-13-3-8-18(21-13)25-17-6-4-16(5-7-17)20(24)22-19-14(2)23-11-9-15(19)10-12-23/h3-8,14-15,19,21H,9-12H2,1-2H3,(H,22,24)/t14?,19-/m0/s1. The second-order valence-electron chi connectivity index (χ2n) is 7.25. The van der Waals surface area contributed by atoms with Crippen LogP contribution in [0.4, 0.5) is 0 Å². The Kier molecular flexibility index (Phi) is 4.25. The molecule has 3 fully saturated rings. The van der Waals surface area contributed by atoms with Crippen LogP contribution < -0.4 is 10.1 Å². The normalized spacial score (nSPS) is 27.9. The lowest BCUT2D eigenvalue weighted by Crippen LogP contribution is -2.62. The van der Waals surface area contributed by atoms with Gasteiger partial charge in [0.15, 0.2) is 5.88 Å². The molecule has 0 radical (unpaired) electrons. The number of aromatic nitrogens is 1. The number of hydrogen-bond acceptors (Lipinski definition) is 3. The van der Waals surface area contributed by atoms with E-state index in [1.165, 1.54) is 25.9 Å². The van der Waals surface area contributed by atoms with Gasteiger partial charge in [-0.1, -0.05) is 0 Å². The lowest BCUT2D eigenvalue weighted by Gasteiger charge is -2.49. The highest BCUT2D eigenvalue weighted by Gasteiger charge is 2.40. The van der Waals surface area contributed by atoms with Gasteiger partial charge >= 0.3 is 0 Å². The second-order valence-corrected chi connectivity index (χ2v) is 7.25. The number of hydrogen-bond donors (Lipinski definition) is 2. The van der Waals surface area contributed by atoms with E-state index in [1.54, 1.807) is 0 Å². The molecular weight excluding hydrogens is 314 g/mol. The molecule has 3 saturated heterocycles. The summed E-state index contributed by atoms with van der Waals surface area (Å²) in [5, 5.41) is 3.26. The predicted molar refractivity (Wildman–Crippen MR) is 97.1 cm³/mol. The Bertz CT molecular complexity index is 743. The van der Waals surface area contributed by atoms with E-state index >= 15 is 0 Å². The van der Waals surface area contributed by atoms with Crippen LogP contribution in [0.3, 0.4) is 0 Å². The fourth-order valence-corrected chi connectivity index (χ4v) is 4.12. The first-order valence-electron chi connectivity index (χ1n) is 9.08. The SMILES string of the molecule is Cc1ccc(Oc2ccc(C(=O)N[C@@H]3C4CCN(CC4)C3C)cc2)[nH]1. The van der Waals surface area contributed by atoms with Crippen molar-refractivity contribution in [3.63, 3.8) is 0 Å². The van der Waals surface area contributed by atoms with Crippen LogP contribution in [0.1, 0.15) is 35.8 Å². The van der Waals surface area contributed by atoms with Gasteiger partial charge in [-0.2, -0.15) is 0 Å². The van der Waals surface area contributed by atoms with Crippen LogP contribution >= 0.6 is 0 Å². The monoisotopic (exact) mass is 339 g/mol. The number of nitrogens with zero attached hydrogens (tertiary/aromatic N) is 1. The van der Waals surface area contributed by atoms with Gasteiger partial charge in [0, 0.05) is 29.4 Å². The van der Waals surface area contributed by atoms with Crippen LogP contribution in [0, 0.1) is 12.8 Å². The van der Waals surface area contributed by atoms with Crippen molar-refractivity contribution in [1.82, 2.24) is 15.2 Å². The van der Waals surface area contributed by atoms with Crippen LogP contribution in [-0.4, -0.2) is 41.0 Å². The summed E-state index contributed by atoms with van der Waals surface area (Å²) in [5.41, 5.74) is 1.73. The average Bonchev–Trinajstić information content (AvgIpc) is 3.04. The van der Waals surface area contributed by atoms with Gasteiger partial charge in [-0.15, -0.1) is 0 Å². The van der Waals surface area contributed by atoms with Gasteiger partial charge in [-0.3, -0.25) is 9.69 Å². The summed E-state index contributed by atoms with van der Waals surface area (Å²) in [4.78, 5) is 18.2. The Morgan fingerprint density at radius 3 is 2.48 bits per heavy atom. The molecule has 2 N–H and O–H groups in total. The summed E-state index contributed by atoms with van der Waals surface area (Å²) >= 11 is 0. The molecule has 2 bridgehead atoms. The number of ether oxygens (including phenoxy) is 1. The molecule has 0 aliphatic carbocycles. The van der Waals surface area contributed by atoms with Crippen LogP contribution in [-0.2, 0) is 0 Å². The van der Waals surface area contributed by atoms with Crippen molar-refractivity contribution in [1.29, 1.82) is 0 Å². The predicted octanol–water partition coefficient (Wildman–Crippen LogP) is 3.33. The van der Waals surface area contributed by atoms with Crippen molar-refractivity contribution in [2.75, 3.05) is 13.1 Å². The van der Waals surface area contributed by atoms with Crippen LogP contribution in [0.25, 0.3) is 0 Å². The van der Waals surface area contributed by atoms with Gasteiger partial charge in [-0.05, 0) is 76.0 Å². The maximum Gasteiger partial charge on any atom is 0.251 e. The third kappa shape index (κ3) is 3.29. The number of carbonyl (C=O) groups is 1. The molecule has 3 aliphatic rings. The topological polar surface area (TPSA) is 57.4 Å². The van der Waals surface area contributed by atoms with Crippen LogP contribution in [0.2, 0.25) is 0 Å². The molecule has 5 nitrogen and oxygen atoms in total. The molecule has 1 unspecified atom stereocenters.